The number of hydrogen-bond donors (Lipinski definition) is 1. The molecule has 0 spiro atoms. The predicted molar refractivity (Wildman–Crippen MR) is 93.2 cm³/mol. The van der Waals surface area contributed by atoms with Crippen LogP contribution in [0.4, 0.5) is 0 Å². The van der Waals surface area contributed by atoms with E-state index in [-0.39, 0.29) is 18.2 Å². The van der Waals surface area contributed by atoms with Crippen molar-refractivity contribution in [2.45, 2.75) is 11.3 Å². The van der Waals surface area contributed by atoms with Crippen molar-refractivity contribution in [2.75, 3.05) is 13.3 Å². The summed E-state index contributed by atoms with van der Waals surface area (Å²) in [7, 11) is -3.64. The van der Waals surface area contributed by atoms with Gasteiger partial charge in [-0.25, -0.2) is 13.1 Å². The molecule has 2 aromatic carbocycles. The minimum atomic E-state index is -3.64. The Morgan fingerprint density at radius 2 is 1.88 bits per heavy atom. The van der Waals surface area contributed by atoms with Gasteiger partial charge in [0, 0.05) is 18.1 Å². The zero-order valence-electron chi connectivity index (χ0n) is 13.3. The second-order valence-corrected chi connectivity index (χ2v) is 7.40. The highest BCUT2D eigenvalue weighted by Gasteiger charge is 2.18. The van der Waals surface area contributed by atoms with Gasteiger partial charge in [0.05, 0.1) is 5.52 Å². The molecule has 7 heteroatoms. The summed E-state index contributed by atoms with van der Waals surface area (Å²) in [6.07, 6.45) is 2.14. The minimum absolute atomic E-state index is 0.191. The second kappa shape index (κ2) is 6.34. The lowest BCUT2D eigenvalue weighted by Gasteiger charge is -2.09. The van der Waals surface area contributed by atoms with Gasteiger partial charge in [-0.2, -0.15) is 0 Å². The number of benzene rings is 2. The number of fused-ring (bicyclic) bond motifs is 2. The van der Waals surface area contributed by atoms with Gasteiger partial charge < -0.3 is 9.47 Å². The van der Waals surface area contributed by atoms with Gasteiger partial charge in [-0.1, -0.05) is 24.3 Å². The normalized spacial score (nSPS) is 13.3. The molecule has 128 valence electrons. The van der Waals surface area contributed by atoms with Crippen molar-refractivity contribution in [1.82, 2.24) is 9.71 Å². The molecule has 1 N–H and O–H groups in total. The summed E-state index contributed by atoms with van der Waals surface area (Å²) in [6, 6.07) is 14.4. The van der Waals surface area contributed by atoms with Gasteiger partial charge in [-0.05, 0) is 36.2 Å². The number of ether oxygens (including phenoxy) is 2. The largest absolute Gasteiger partial charge is 0.454 e. The van der Waals surface area contributed by atoms with Crippen LogP contribution in [0.25, 0.3) is 10.9 Å². The van der Waals surface area contributed by atoms with Gasteiger partial charge >= 0.3 is 0 Å². The quantitative estimate of drug-likeness (QED) is 0.760. The van der Waals surface area contributed by atoms with Gasteiger partial charge in [0.2, 0.25) is 16.8 Å². The molecule has 0 atom stereocenters. The van der Waals surface area contributed by atoms with Crippen LogP contribution in [0, 0.1) is 0 Å². The van der Waals surface area contributed by atoms with Gasteiger partial charge in [0.1, 0.15) is 4.90 Å². The summed E-state index contributed by atoms with van der Waals surface area (Å²) >= 11 is 0. The molecule has 0 fully saturated rings. The van der Waals surface area contributed by atoms with Gasteiger partial charge in [0.15, 0.2) is 11.5 Å². The molecule has 0 bridgehead atoms. The highest BCUT2D eigenvalue weighted by atomic mass is 32.2. The van der Waals surface area contributed by atoms with Crippen molar-refractivity contribution >= 4 is 20.9 Å². The molecule has 0 radical (unpaired) electrons. The summed E-state index contributed by atoms with van der Waals surface area (Å²) in [6.45, 7) is 0.505. The van der Waals surface area contributed by atoms with E-state index >= 15 is 0 Å². The summed E-state index contributed by atoms with van der Waals surface area (Å²) < 4.78 is 38.5. The Hall–Kier alpha value is -2.64. The van der Waals surface area contributed by atoms with E-state index in [1.807, 2.05) is 30.3 Å². The first-order valence-corrected chi connectivity index (χ1v) is 9.34. The van der Waals surface area contributed by atoms with Gasteiger partial charge in [0.25, 0.3) is 0 Å². The van der Waals surface area contributed by atoms with Gasteiger partial charge in [-0.15, -0.1) is 0 Å². The molecule has 0 aliphatic carbocycles. The third kappa shape index (κ3) is 3.16. The number of para-hydroxylation sites is 1. The Morgan fingerprint density at radius 3 is 2.80 bits per heavy atom. The number of nitrogens with zero attached hydrogens (tertiary/aromatic N) is 1. The summed E-state index contributed by atoms with van der Waals surface area (Å²) in [5, 5.41) is 0.793. The lowest BCUT2D eigenvalue weighted by molar-refractivity contribution is 0.174. The Labute approximate surface area is 145 Å². The molecule has 4 rings (SSSR count). The molecule has 0 saturated heterocycles. The number of hydrogen-bond acceptors (Lipinski definition) is 5. The summed E-state index contributed by atoms with van der Waals surface area (Å²) in [4.78, 5) is 4.39. The topological polar surface area (TPSA) is 77.5 Å². The van der Waals surface area contributed by atoms with Crippen molar-refractivity contribution in [3.63, 3.8) is 0 Å². The summed E-state index contributed by atoms with van der Waals surface area (Å²) in [5.74, 6) is 1.41. The number of sulfonamides is 1. The van der Waals surface area contributed by atoms with E-state index in [9.17, 15) is 8.42 Å². The highest BCUT2D eigenvalue weighted by molar-refractivity contribution is 7.89. The predicted octanol–water partition coefficient (Wildman–Crippen LogP) is 2.48. The third-order valence-corrected chi connectivity index (χ3v) is 5.52. The fourth-order valence-corrected chi connectivity index (χ4v) is 4.01. The zero-order valence-corrected chi connectivity index (χ0v) is 14.1. The fraction of sp³-hybridized carbons (Fsp3) is 0.167. The van der Waals surface area contributed by atoms with E-state index in [0.29, 0.717) is 23.4 Å². The Bertz CT molecular complexity index is 1030. The minimum Gasteiger partial charge on any atom is -0.454 e. The standard InChI is InChI=1S/C18H16N2O4S/c21-25(22,17-5-1-3-14-4-2-9-19-18(14)17)20-10-8-13-6-7-15-16(11-13)24-12-23-15/h1-7,9,11,20H,8,10,12H2. The Kier molecular flexibility index (Phi) is 4.03. The first-order chi connectivity index (χ1) is 12.1. The van der Waals surface area contributed by atoms with E-state index < -0.39 is 10.0 Å². The molecule has 1 aliphatic rings. The molecule has 3 aromatic rings. The summed E-state index contributed by atoms with van der Waals surface area (Å²) in [5.41, 5.74) is 1.45. The lowest BCUT2D eigenvalue weighted by atomic mass is 10.1. The smallest absolute Gasteiger partial charge is 0.242 e. The number of pyridine rings is 1. The van der Waals surface area contributed by atoms with Crippen LogP contribution in [0.2, 0.25) is 0 Å². The van der Waals surface area contributed by atoms with Crippen LogP contribution in [-0.2, 0) is 16.4 Å². The van der Waals surface area contributed by atoms with E-state index in [0.717, 1.165) is 10.9 Å². The first kappa shape index (κ1) is 15.9. The maximum atomic E-state index is 12.6. The maximum absolute atomic E-state index is 12.6. The van der Waals surface area contributed by atoms with Crippen LogP contribution >= 0.6 is 0 Å². The Morgan fingerprint density at radius 1 is 1.04 bits per heavy atom. The molecule has 1 aliphatic heterocycles. The molecule has 0 amide bonds. The lowest BCUT2D eigenvalue weighted by Crippen LogP contribution is -2.26. The molecule has 1 aromatic heterocycles. The molecule has 0 unspecified atom stereocenters. The van der Waals surface area contributed by atoms with Crippen LogP contribution in [0.3, 0.4) is 0 Å². The number of nitrogens with one attached hydrogen (secondary N) is 1. The van der Waals surface area contributed by atoms with Gasteiger partial charge in [-0.3, -0.25) is 4.98 Å². The second-order valence-electron chi connectivity index (χ2n) is 5.67. The van der Waals surface area contributed by atoms with Crippen molar-refractivity contribution in [2.24, 2.45) is 0 Å². The molecule has 2 heterocycles. The van der Waals surface area contributed by atoms with E-state index in [1.165, 1.54) is 0 Å². The van der Waals surface area contributed by atoms with Crippen molar-refractivity contribution < 1.29 is 17.9 Å². The molecule has 0 saturated carbocycles. The van der Waals surface area contributed by atoms with Crippen LogP contribution in [0.15, 0.2) is 59.6 Å². The molecular formula is C18H16N2O4S. The average Bonchev–Trinajstić information content (AvgIpc) is 3.09. The Balaban J connectivity index is 1.50. The SMILES string of the molecule is O=S(=O)(NCCc1ccc2c(c1)OCO2)c1cccc2cccnc12. The van der Waals surface area contributed by atoms with Crippen LogP contribution < -0.4 is 14.2 Å². The molecule has 6 nitrogen and oxygen atoms in total. The van der Waals surface area contributed by atoms with Crippen molar-refractivity contribution in [3.05, 3.63) is 60.3 Å². The van der Waals surface area contributed by atoms with Crippen LogP contribution in [0.5, 0.6) is 11.5 Å². The molecule has 25 heavy (non-hydrogen) atoms. The van der Waals surface area contributed by atoms with Crippen LogP contribution in [-0.4, -0.2) is 26.7 Å². The zero-order chi connectivity index (χ0) is 17.3. The maximum Gasteiger partial charge on any atom is 0.242 e. The highest BCUT2D eigenvalue weighted by Crippen LogP contribution is 2.32. The third-order valence-electron chi connectivity index (χ3n) is 4.03. The monoisotopic (exact) mass is 356 g/mol. The van der Waals surface area contributed by atoms with Crippen molar-refractivity contribution in [1.29, 1.82) is 0 Å². The van der Waals surface area contributed by atoms with Crippen LogP contribution in [0.1, 0.15) is 5.56 Å². The fourth-order valence-electron chi connectivity index (χ4n) is 2.80. The van der Waals surface area contributed by atoms with E-state index in [1.54, 1.807) is 24.4 Å². The number of aromatic nitrogens is 1. The average molecular weight is 356 g/mol. The van der Waals surface area contributed by atoms with E-state index in [2.05, 4.69) is 9.71 Å². The number of rotatable bonds is 5. The first-order valence-electron chi connectivity index (χ1n) is 7.85. The van der Waals surface area contributed by atoms with E-state index in [4.69, 9.17) is 9.47 Å². The molecular weight excluding hydrogens is 340 g/mol. The van der Waals surface area contributed by atoms with Crippen molar-refractivity contribution in [3.8, 4) is 11.5 Å².